The topological polar surface area (TPSA) is 67.9 Å². The van der Waals surface area contributed by atoms with E-state index in [-0.39, 0.29) is 29.9 Å². The summed E-state index contributed by atoms with van der Waals surface area (Å²) in [4.78, 5) is 27.5. The molecular weight excluding hydrogens is 404 g/mol. The predicted octanol–water partition coefficient (Wildman–Crippen LogP) is 4.14. The highest BCUT2D eigenvalue weighted by Gasteiger charge is 2.29. The standard InChI is InChI=1S/C26H34N2O4/c1-18(2)32-23-13-12-21(16-24(23)31-4)19(3)27-26(30)22-11-8-14-28(17-22)25(29)15-20-9-6-5-7-10-20/h5-7,9-10,12-13,16,18-19,22H,8,11,14-15,17H2,1-4H3,(H,27,30). The van der Waals surface area contributed by atoms with E-state index in [1.165, 1.54) is 0 Å². The average Bonchev–Trinajstić information content (AvgIpc) is 2.79. The Bertz CT molecular complexity index is 913. The Morgan fingerprint density at radius 1 is 1.09 bits per heavy atom. The number of hydrogen-bond donors (Lipinski definition) is 1. The second kappa shape index (κ2) is 11.0. The zero-order valence-electron chi connectivity index (χ0n) is 19.5. The molecule has 1 saturated heterocycles. The van der Waals surface area contributed by atoms with Gasteiger partial charge in [0.05, 0.1) is 31.6 Å². The number of hydrogen-bond acceptors (Lipinski definition) is 4. The van der Waals surface area contributed by atoms with E-state index in [4.69, 9.17) is 9.47 Å². The van der Waals surface area contributed by atoms with Gasteiger partial charge in [0, 0.05) is 13.1 Å². The SMILES string of the molecule is COc1cc(C(C)NC(=O)C2CCCN(C(=O)Cc3ccccc3)C2)ccc1OC(C)C. The normalized spacial score (nSPS) is 17.0. The zero-order chi connectivity index (χ0) is 23.1. The summed E-state index contributed by atoms with van der Waals surface area (Å²) in [5.74, 6) is 1.19. The smallest absolute Gasteiger partial charge is 0.227 e. The Hall–Kier alpha value is -3.02. The molecule has 1 aliphatic rings. The summed E-state index contributed by atoms with van der Waals surface area (Å²) in [6, 6.07) is 15.3. The van der Waals surface area contributed by atoms with Crippen molar-refractivity contribution in [2.75, 3.05) is 20.2 Å². The minimum atomic E-state index is -0.198. The predicted molar refractivity (Wildman–Crippen MR) is 125 cm³/mol. The molecule has 0 aromatic heterocycles. The van der Waals surface area contributed by atoms with E-state index in [0.29, 0.717) is 31.0 Å². The maximum atomic E-state index is 13.0. The molecule has 0 spiro atoms. The van der Waals surface area contributed by atoms with Crippen LogP contribution in [0.2, 0.25) is 0 Å². The molecule has 0 aliphatic carbocycles. The zero-order valence-corrected chi connectivity index (χ0v) is 19.5. The minimum absolute atomic E-state index is 0.0174. The van der Waals surface area contributed by atoms with Crippen LogP contribution >= 0.6 is 0 Å². The fourth-order valence-corrected chi connectivity index (χ4v) is 4.02. The van der Waals surface area contributed by atoms with Crippen molar-refractivity contribution in [3.8, 4) is 11.5 Å². The quantitative estimate of drug-likeness (QED) is 0.673. The summed E-state index contributed by atoms with van der Waals surface area (Å²) in [6.45, 7) is 7.06. The summed E-state index contributed by atoms with van der Waals surface area (Å²) >= 11 is 0. The number of rotatable bonds is 8. The number of benzene rings is 2. The van der Waals surface area contributed by atoms with Gasteiger partial charge in [-0.15, -0.1) is 0 Å². The monoisotopic (exact) mass is 438 g/mol. The van der Waals surface area contributed by atoms with Crippen LogP contribution in [0.1, 0.15) is 50.8 Å². The van der Waals surface area contributed by atoms with Gasteiger partial charge >= 0.3 is 0 Å². The van der Waals surface area contributed by atoms with Gasteiger partial charge in [-0.05, 0) is 56.9 Å². The van der Waals surface area contributed by atoms with Crippen LogP contribution in [0.15, 0.2) is 48.5 Å². The number of likely N-dealkylation sites (tertiary alicyclic amines) is 1. The van der Waals surface area contributed by atoms with Crippen LogP contribution in [-0.4, -0.2) is 43.0 Å². The largest absolute Gasteiger partial charge is 0.493 e. The third kappa shape index (κ3) is 6.25. The molecule has 0 radical (unpaired) electrons. The van der Waals surface area contributed by atoms with Crippen molar-refractivity contribution in [2.45, 2.75) is 52.2 Å². The first kappa shape index (κ1) is 23.6. The van der Waals surface area contributed by atoms with Gasteiger partial charge in [-0.3, -0.25) is 9.59 Å². The molecule has 0 bridgehead atoms. The Balaban J connectivity index is 1.59. The minimum Gasteiger partial charge on any atom is -0.493 e. The Morgan fingerprint density at radius 3 is 2.53 bits per heavy atom. The average molecular weight is 439 g/mol. The molecule has 1 N–H and O–H groups in total. The molecule has 6 heteroatoms. The Labute approximate surface area is 190 Å². The van der Waals surface area contributed by atoms with Crippen molar-refractivity contribution >= 4 is 11.8 Å². The lowest BCUT2D eigenvalue weighted by Gasteiger charge is -2.33. The van der Waals surface area contributed by atoms with Crippen molar-refractivity contribution in [3.63, 3.8) is 0 Å². The van der Waals surface area contributed by atoms with Gasteiger partial charge in [0.15, 0.2) is 11.5 Å². The lowest BCUT2D eigenvalue weighted by molar-refractivity contribution is -0.135. The van der Waals surface area contributed by atoms with E-state index in [0.717, 1.165) is 24.0 Å². The number of piperidine rings is 1. The van der Waals surface area contributed by atoms with Crippen molar-refractivity contribution in [1.82, 2.24) is 10.2 Å². The first-order valence-electron chi connectivity index (χ1n) is 11.3. The second-order valence-electron chi connectivity index (χ2n) is 8.65. The first-order chi connectivity index (χ1) is 15.4. The maximum absolute atomic E-state index is 13.0. The van der Waals surface area contributed by atoms with Crippen LogP contribution in [0.4, 0.5) is 0 Å². The van der Waals surface area contributed by atoms with Crippen LogP contribution in [0.5, 0.6) is 11.5 Å². The molecule has 2 aromatic rings. The molecule has 1 aliphatic heterocycles. The number of carbonyl (C=O) groups is 2. The van der Waals surface area contributed by atoms with Gasteiger partial charge in [-0.25, -0.2) is 0 Å². The van der Waals surface area contributed by atoms with Crippen molar-refractivity contribution in [3.05, 3.63) is 59.7 Å². The van der Waals surface area contributed by atoms with Gasteiger partial charge < -0.3 is 19.7 Å². The molecule has 6 nitrogen and oxygen atoms in total. The Morgan fingerprint density at radius 2 is 1.84 bits per heavy atom. The van der Waals surface area contributed by atoms with E-state index < -0.39 is 0 Å². The highest BCUT2D eigenvalue weighted by Crippen LogP contribution is 2.31. The summed E-state index contributed by atoms with van der Waals surface area (Å²) in [6.07, 6.45) is 2.04. The van der Waals surface area contributed by atoms with Gasteiger partial charge in [0.1, 0.15) is 0 Å². The molecule has 1 fully saturated rings. The summed E-state index contributed by atoms with van der Waals surface area (Å²) in [7, 11) is 1.61. The molecule has 172 valence electrons. The van der Waals surface area contributed by atoms with E-state index in [1.807, 2.05) is 74.2 Å². The third-order valence-corrected chi connectivity index (χ3v) is 5.75. The fourth-order valence-electron chi connectivity index (χ4n) is 4.02. The van der Waals surface area contributed by atoms with E-state index in [1.54, 1.807) is 7.11 Å². The highest BCUT2D eigenvalue weighted by atomic mass is 16.5. The fraction of sp³-hybridized carbons (Fsp3) is 0.462. The van der Waals surface area contributed by atoms with Crippen LogP contribution in [0.3, 0.4) is 0 Å². The lowest BCUT2D eigenvalue weighted by atomic mass is 9.95. The van der Waals surface area contributed by atoms with E-state index in [9.17, 15) is 9.59 Å². The summed E-state index contributed by atoms with van der Waals surface area (Å²) in [5.41, 5.74) is 1.94. The molecule has 2 aromatic carbocycles. The highest BCUT2D eigenvalue weighted by molar-refractivity contribution is 5.82. The van der Waals surface area contributed by atoms with Crippen molar-refractivity contribution in [2.24, 2.45) is 5.92 Å². The Kier molecular flexibility index (Phi) is 8.14. The van der Waals surface area contributed by atoms with Crippen LogP contribution in [0, 0.1) is 5.92 Å². The van der Waals surface area contributed by atoms with Gasteiger partial charge in [-0.2, -0.15) is 0 Å². The number of nitrogens with one attached hydrogen (secondary N) is 1. The van der Waals surface area contributed by atoms with Gasteiger partial charge in [0.25, 0.3) is 0 Å². The number of nitrogens with zero attached hydrogens (tertiary/aromatic N) is 1. The first-order valence-corrected chi connectivity index (χ1v) is 11.3. The van der Waals surface area contributed by atoms with Gasteiger partial charge in [0.2, 0.25) is 11.8 Å². The van der Waals surface area contributed by atoms with E-state index >= 15 is 0 Å². The van der Waals surface area contributed by atoms with Crippen LogP contribution in [0.25, 0.3) is 0 Å². The van der Waals surface area contributed by atoms with Crippen LogP contribution < -0.4 is 14.8 Å². The van der Waals surface area contributed by atoms with Crippen LogP contribution in [-0.2, 0) is 16.0 Å². The summed E-state index contributed by atoms with van der Waals surface area (Å²) < 4.78 is 11.2. The molecule has 3 rings (SSSR count). The molecule has 1 heterocycles. The number of carbonyl (C=O) groups excluding carboxylic acids is 2. The molecule has 32 heavy (non-hydrogen) atoms. The summed E-state index contributed by atoms with van der Waals surface area (Å²) in [5, 5.41) is 3.11. The second-order valence-corrected chi connectivity index (χ2v) is 8.65. The number of amides is 2. The van der Waals surface area contributed by atoms with Crippen molar-refractivity contribution < 1.29 is 19.1 Å². The number of methoxy groups -OCH3 is 1. The van der Waals surface area contributed by atoms with Crippen molar-refractivity contribution in [1.29, 1.82) is 0 Å². The lowest BCUT2D eigenvalue weighted by Crippen LogP contribution is -2.46. The molecule has 0 saturated carbocycles. The molecule has 2 unspecified atom stereocenters. The molecule has 2 amide bonds. The van der Waals surface area contributed by atoms with Gasteiger partial charge in [-0.1, -0.05) is 36.4 Å². The maximum Gasteiger partial charge on any atom is 0.227 e. The molecular formula is C26H34N2O4. The third-order valence-electron chi connectivity index (χ3n) is 5.75. The van der Waals surface area contributed by atoms with E-state index in [2.05, 4.69) is 5.32 Å². The number of ether oxygens (including phenoxy) is 2. The molecule has 2 atom stereocenters.